The van der Waals surface area contributed by atoms with Crippen LogP contribution in [0.25, 0.3) is 0 Å². The second-order valence-corrected chi connectivity index (χ2v) is 6.40. The van der Waals surface area contributed by atoms with Crippen LogP contribution in [0.2, 0.25) is 0 Å². The topological polar surface area (TPSA) is 72.2 Å². The van der Waals surface area contributed by atoms with Crippen molar-refractivity contribution in [2.75, 3.05) is 10.5 Å². The number of nitrogens with one attached hydrogen (secondary N) is 1. The Balaban J connectivity index is 2.19. The summed E-state index contributed by atoms with van der Waals surface area (Å²) in [7, 11) is -3.23. The summed E-state index contributed by atoms with van der Waals surface area (Å²) in [6, 6.07) is 5.53. The quantitative estimate of drug-likeness (QED) is 0.838. The van der Waals surface area contributed by atoms with Gasteiger partial charge >= 0.3 is 0 Å². The molecule has 0 aliphatic heterocycles. The van der Waals surface area contributed by atoms with Gasteiger partial charge in [-0.05, 0) is 42.9 Å². The van der Waals surface area contributed by atoms with Gasteiger partial charge in [0, 0.05) is 6.54 Å². The van der Waals surface area contributed by atoms with Gasteiger partial charge in [0.1, 0.15) is 0 Å². The fourth-order valence-corrected chi connectivity index (χ4v) is 3.44. The Morgan fingerprint density at radius 3 is 2.71 bits per heavy atom. The smallest absolute Gasteiger partial charge is 0.233 e. The summed E-state index contributed by atoms with van der Waals surface area (Å²) in [5, 5.41) is 0. The lowest BCUT2D eigenvalue weighted by atomic mass is 10.1. The molecule has 17 heavy (non-hydrogen) atoms. The van der Waals surface area contributed by atoms with E-state index in [0.717, 1.165) is 24.0 Å². The molecule has 2 rings (SSSR count). The normalized spacial score (nSPS) is 15.9. The maximum atomic E-state index is 11.9. The molecule has 0 radical (unpaired) electrons. The molecular formula is C12H18N2O2S. The van der Waals surface area contributed by atoms with Gasteiger partial charge in [0.05, 0.1) is 11.4 Å². The van der Waals surface area contributed by atoms with Crippen LogP contribution in [0.5, 0.6) is 0 Å². The van der Waals surface area contributed by atoms with Crippen LogP contribution < -0.4 is 10.5 Å². The van der Waals surface area contributed by atoms with Crippen molar-refractivity contribution in [3.63, 3.8) is 0 Å². The SMILES string of the molecule is Cc1cccc(NS(=O)(=O)CC2CC2)c1CN. The van der Waals surface area contributed by atoms with Gasteiger partial charge in [-0.1, -0.05) is 12.1 Å². The van der Waals surface area contributed by atoms with E-state index < -0.39 is 10.0 Å². The molecule has 94 valence electrons. The lowest BCUT2D eigenvalue weighted by Gasteiger charge is -2.13. The molecule has 0 aromatic heterocycles. The van der Waals surface area contributed by atoms with Crippen molar-refractivity contribution in [1.29, 1.82) is 0 Å². The standard InChI is InChI=1S/C12H18N2O2S/c1-9-3-2-4-12(11(9)7-13)14-17(15,16)8-10-5-6-10/h2-4,10,14H,5-8,13H2,1H3. The van der Waals surface area contributed by atoms with Crippen molar-refractivity contribution in [3.05, 3.63) is 29.3 Å². The van der Waals surface area contributed by atoms with Gasteiger partial charge in [-0.2, -0.15) is 0 Å². The molecule has 0 atom stereocenters. The van der Waals surface area contributed by atoms with E-state index >= 15 is 0 Å². The average Bonchev–Trinajstić information content (AvgIpc) is 3.00. The summed E-state index contributed by atoms with van der Waals surface area (Å²) in [4.78, 5) is 0. The predicted molar refractivity (Wildman–Crippen MR) is 69.2 cm³/mol. The average molecular weight is 254 g/mol. The second kappa shape index (κ2) is 4.66. The first kappa shape index (κ1) is 12.4. The summed E-state index contributed by atoms with van der Waals surface area (Å²) in [5.74, 6) is 0.573. The van der Waals surface area contributed by atoms with Gasteiger partial charge in [-0.3, -0.25) is 4.72 Å². The molecule has 0 bridgehead atoms. The summed E-state index contributed by atoms with van der Waals surface area (Å²) >= 11 is 0. The maximum absolute atomic E-state index is 11.9. The Kier molecular flexibility index (Phi) is 3.40. The van der Waals surface area contributed by atoms with Crippen LogP contribution in [0, 0.1) is 12.8 Å². The van der Waals surface area contributed by atoms with Crippen molar-refractivity contribution in [1.82, 2.24) is 0 Å². The van der Waals surface area contributed by atoms with E-state index in [1.165, 1.54) is 0 Å². The Morgan fingerprint density at radius 1 is 1.41 bits per heavy atom. The Morgan fingerprint density at radius 2 is 2.12 bits per heavy atom. The minimum absolute atomic E-state index is 0.227. The van der Waals surface area contributed by atoms with Crippen LogP contribution in [0.1, 0.15) is 24.0 Å². The van der Waals surface area contributed by atoms with E-state index in [9.17, 15) is 8.42 Å². The van der Waals surface area contributed by atoms with Gasteiger partial charge in [-0.25, -0.2) is 8.42 Å². The minimum atomic E-state index is -3.23. The lowest BCUT2D eigenvalue weighted by Crippen LogP contribution is -2.19. The molecular weight excluding hydrogens is 236 g/mol. The van der Waals surface area contributed by atoms with Crippen molar-refractivity contribution in [2.24, 2.45) is 11.7 Å². The Hall–Kier alpha value is -1.07. The van der Waals surface area contributed by atoms with Gasteiger partial charge in [0.2, 0.25) is 10.0 Å². The largest absolute Gasteiger partial charge is 0.326 e. The van der Waals surface area contributed by atoms with Gasteiger partial charge in [0.25, 0.3) is 0 Å². The summed E-state index contributed by atoms with van der Waals surface area (Å²) in [6.07, 6.45) is 2.05. The number of rotatable bonds is 5. The molecule has 0 amide bonds. The first-order valence-electron chi connectivity index (χ1n) is 5.81. The number of sulfonamides is 1. The molecule has 1 aromatic carbocycles. The molecule has 5 heteroatoms. The number of anilines is 1. The molecule has 1 fully saturated rings. The highest BCUT2D eigenvalue weighted by Crippen LogP contribution is 2.31. The van der Waals surface area contributed by atoms with Crippen molar-refractivity contribution < 1.29 is 8.42 Å². The first-order valence-corrected chi connectivity index (χ1v) is 7.46. The fraction of sp³-hybridized carbons (Fsp3) is 0.500. The molecule has 1 aliphatic carbocycles. The lowest BCUT2D eigenvalue weighted by molar-refractivity contribution is 0.597. The van der Waals surface area contributed by atoms with E-state index in [2.05, 4.69) is 4.72 Å². The number of hydrogen-bond donors (Lipinski definition) is 2. The molecule has 0 heterocycles. The third-order valence-corrected chi connectivity index (χ3v) is 4.47. The first-order chi connectivity index (χ1) is 8.02. The molecule has 0 saturated heterocycles. The number of benzene rings is 1. The van der Waals surface area contributed by atoms with E-state index in [1.54, 1.807) is 6.07 Å². The molecule has 4 nitrogen and oxygen atoms in total. The van der Waals surface area contributed by atoms with Crippen LogP contribution in [0.3, 0.4) is 0 Å². The zero-order chi connectivity index (χ0) is 12.5. The van der Waals surface area contributed by atoms with Crippen LogP contribution in [0.4, 0.5) is 5.69 Å². The number of hydrogen-bond acceptors (Lipinski definition) is 3. The fourth-order valence-electron chi connectivity index (χ4n) is 1.87. The number of nitrogens with two attached hydrogens (primary N) is 1. The van der Waals surface area contributed by atoms with Crippen molar-refractivity contribution in [2.45, 2.75) is 26.3 Å². The molecule has 1 saturated carbocycles. The van der Waals surface area contributed by atoms with Gasteiger partial charge < -0.3 is 5.73 Å². The van der Waals surface area contributed by atoms with E-state index in [4.69, 9.17) is 5.73 Å². The summed E-state index contributed by atoms with van der Waals surface area (Å²) in [6.45, 7) is 2.27. The highest BCUT2D eigenvalue weighted by atomic mass is 32.2. The molecule has 0 spiro atoms. The van der Waals surface area contributed by atoms with Gasteiger partial charge in [0.15, 0.2) is 0 Å². The highest BCUT2D eigenvalue weighted by molar-refractivity contribution is 7.92. The van der Waals surface area contributed by atoms with E-state index in [1.807, 2.05) is 19.1 Å². The monoisotopic (exact) mass is 254 g/mol. The van der Waals surface area contributed by atoms with Crippen molar-refractivity contribution >= 4 is 15.7 Å². The molecule has 0 unspecified atom stereocenters. The Bertz CT molecular complexity index is 507. The van der Waals surface area contributed by atoms with E-state index in [-0.39, 0.29) is 5.75 Å². The third-order valence-electron chi connectivity index (χ3n) is 3.03. The minimum Gasteiger partial charge on any atom is -0.326 e. The Labute approximate surface area is 102 Å². The van der Waals surface area contributed by atoms with Crippen LogP contribution in [-0.2, 0) is 16.6 Å². The second-order valence-electron chi connectivity index (χ2n) is 4.63. The van der Waals surface area contributed by atoms with Crippen LogP contribution >= 0.6 is 0 Å². The molecule has 3 N–H and O–H groups in total. The van der Waals surface area contributed by atoms with Gasteiger partial charge in [-0.15, -0.1) is 0 Å². The zero-order valence-electron chi connectivity index (χ0n) is 9.94. The van der Waals surface area contributed by atoms with E-state index in [0.29, 0.717) is 18.2 Å². The number of aryl methyl sites for hydroxylation is 1. The van der Waals surface area contributed by atoms with Crippen LogP contribution in [0.15, 0.2) is 18.2 Å². The van der Waals surface area contributed by atoms with Crippen LogP contribution in [-0.4, -0.2) is 14.2 Å². The highest BCUT2D eigenvalue weighted by Gasteiger charge is 2.28. The predicted octanol–water partition coefficient (Wildman–Crippen LogP) is 1.61. The molecule has 1 aromatic rings. The zero-order valence-corrected chi connectivity index (χ0v) is 10.8. The molecule has 1 aliphatic rings. The maximum Gasteiger partial charge on any atom is 0.233 e. The van der Waals surface area contributed by atoms with Crippen molar-refractivity contribution in [3.8, 4) is 0 Å². The third kappa shape index (κ3) is 3.20. The summed E-state index contributed by atoms with van der Waals surface area (Å²) in [5.41, 5.74) is 8.15. The summed E-state index contributed by atoms with van der Waals surface area (Å²) < 4.78 is 26.4.